The number of rotatable bonds is 6. The van der Waals surface area contributed by atoms with Crippen LogP contribution in [-0.4, -0.2) is 40.2 Å². The second-order valence-corrected chi connectivity index (χ2v) is 4.50. The van der Waals surface area contributed by atoms with E-state index in [1.165, 1.54) is 0 Å². The average molecular weight is 249 g/mol. The van der Waals surface area contributed by atoms with Crippen LogP contribution in [0.4, 0.5) is 10.6 Å². The van der Waals surface area contributed by atoms with Crippen LogP contribution in [0.1, 0.15) is 25.7 Å². The number of carbonyl (C=O) groups is 1. The molecule has 1 saturated carbocycles. The van der Waals surface area contributed by atoms with Gasteiger partial charge in [0.05, 0.1) is 0 Å². The quantitative estimate of drug-likeness (QED) is 0.756. The summed E-state index contributed by atoms with van der Waals surface area (Å²) in [7, 11) is 0. The third-order valence-corrected chi connectivity index (χ3v) is 2.96. The summed E-state index contributed by atoms with van der Waals surface area (Å²) >= 11 is 0. The van der Waals surface area contributed by atoms with Crippen molar-refractivity contribution in [3.8, 4) is 0 Å². The number of nitrogens with one attached hydrogen (secondary N) is 1. The minimum atomic E-state index is -0.0888. The molecule has 1 aromatic heterocycles. The van der Waals surface area contributed by atoms with E-state index in [9.17, 15) is 4.79 Å². The lowest BCUT2D eigenvalue weighted by atomic mass is 10.3. The number of urea groups is 1. The van der Waals surface area contributed by atoms with Crippen LogP contribution in [0.15, 0.2) is 24.4 Å². The maximum Gasteiger partial charge on any atom is 0.323 e. The average Bonchev–Trinajstić information content (AvgIpc) is 3.20. The minimum absolute atomic E-state index is 0.0888. The lowest BCUT2D eigenvalue weighted by Crippen LogP contribution is -2.37. The predicted octanol–water partition coefficient (Wildman–Crippen LogP) is 1.85. The summed E-state index contributed by atoms with van der Waals surface area (Å²) in [4.78, 5) is 18.0. The molecule has 0 radical (unpaired) electrons. The molecule has 1 aliphatic rings. The first-order valence-electron chi connectivity index (χ1n) is 6.41. The molecule has 1 aliphatic carbocycles. The molecule has 0 saturated heterocycles. The largest absolute Gasteiger partial charge is 0.396 e. The molecule has 5 heteroatoms. The highest BCUT2D eigenvalue weighted by atomic mass is 16.3. The Balaban J connectivity index is 1.87. The molecule has 0 bridgehead atoms. The molecule has 0 aromatic carbocycles. The van der Waals surface area contributed by atoms with Gasteiger partial charge in [-0.15, -0.1) is 0 Å². The van der Waals surface area contributed by atoms with E-state index in [0.717, 1.165) is 25.7 Å². The van der Waals surface area contributed by atoms with Crippen LogP contribution < -0.4 is 5.32 Å². The van der Waals surface area contributed by atoms with Crippen molar-refractivity contribution in [2.45, 2.75) is 31.7 Å². The third kappa shape index (κ3) is 3.70. The van der Waals surface area contributed by atoms with Gasteiger partial charge in [-0.25, -0.2) is 9.78 Å². The molecular formula is C13H19N3O2. The molecule has 1 aromatic rings. The zero-order chi connectivity index (χ0) is 12.8. The summed E-state index contributed by atoms with van der Waals surface area (Å²) in [6, 6.07) is 5.71. The van der Waals surface area contributed by atoms with Crippen LogP contribution in [0.2, 0.25) is 0 Å². The molecule has 2 amide bonds. The normalized spacial score (nSPS) is 14.3. The molecule has 18 heavy (non-hydrogen) atoms. The number of nitrogens with zero attached hydrogens (tertiary/aromatic N) is 2. The fourth-order valence-electron chi connectivity index (χ4n) is 1.85. The second kappa shape index (κ2) is 6.35. The summed E-state index contributed by atoms with van der Waals surface area (Å²) in [5, 5.41) is 11.6. The number of amides is 2. The monoisotopic (exact) mass is 249 g/mol. The van der Waals surface area contributed by atoms with Gasteiger partial charge in [-0.3, -0.25) is 5.32 Å². The van der Waals surface area contributed by atoms with Gasteiger partial charge in [0.25, 0.3) is 0 Å². The van der Waals surface area contributed by atoms with Gasteiger partial charge in [-0.2, -0.15) is 0 Å². The van der Waals surface area contributed by atoms with Gasteiger partial charge in [-0.05, 0) is 37.8 Å². The standard InChI is InChI=1S/C13H19N3O2/c17-10-4-3-9-16(11-6-7-11)13(18)15-12-5-1-2-8-14-12/h1-2,5,8,11,17H,3-4,6-7,9-10H2,(H,14,15,18). The van der Waals surface area contributed by atoms with Crippen LogP contribution in [-0.2, 0) is 0 Å². The van der Waals surface area contributed by atoms with Crippen molar-refractivity contribution in [2.24, 2.45) is 0 Å². The Morgan fingerprint density at radius 1 is 1.44 bits per heavy atom. The summed E-state index contributed by atoms with van der Waals surface area (Å²) in [5.74, 6) is 0.579. The molecule has 1 heterocycles. The lowest BCUT2D eigenvalue weighted by Gasteiger charge is -2.22. The molecule has 0 aliphatic heterocycles. The van der Waals surface area contributed by atoms with E-state index >= 15 is 0 Å². The van der Waals surface area contributed by atoms with Gasteiger partial charge in [0, 0.05) is 25.4 Å². The summed E-state index contributed by atoms with van der Waals surface area (Å²) in [6.45, 7) is 0.879. The first-order valence-corrected chi connectivity index (χ1v) is 6.41. The highest BCUT2D eigenvalue weighted by molar-refractivity contribution is 5.88. The van der Waals surface area contributed by atoms with Crippen molar-refractivity contribution in [3.05, 3.63) is 24.4 Å². The summed E-state index contributed by atoms with van der Waals surface area (Å²) in [6.07, 6.45) is 5.38. The van der Waals surface area contributed by atoms with Crippen molar-refractivity contribution >= 4 is 11.8 Å². The zero-order valence-electron chi connectivity index (χ0n) is 10.4. The van der Waals surface area contributed by atoms with E-state index in [2.05, 4.69) is 10.3 Å². The Morgan fingerprint density at radius 2 is 2.28 bits per heavy atom. The predicted molar refractivity (Wildman–Crippen MR) is 69.3 cm³/mol. The molecule has 0 spiro atoms. The number of hydrogen-bond acceptors (Lipinski definition) is 3. The van der Waals surface area contributed by atoms with Gasteiger partial charge < -0.3 is 10.0 Å². The van der Waals surface area contributed by atoms with Gasteiger partial charge in [0.2, 0.25) is 0 Å². The maximum atomic E-state index is 12.1. The molecule has 0 unspecified atom stereocenters. The number of pyridine rings is 1. The molecule has 98 valence electrons. The maximum absolute atomic E-state index is 12.1. The number of carbonyl (C=O) groups excluding carboxylic acids is 1. The number of aliphatic hydroxyl groups is 1. The highest BCUT2D eigenvalue weighted by Crippen LogP contribution is 2.27. The van der Waals surface area contributed by atoms with Crippen LogP contribution in [0.3, 0.4) is 0 Å². The van der Waals surface area contributed by atoms with Crippen molar-refractivity contribution in [1.29, 1.82) is 0 Å². The van der Waals surface area contributed by atoms with Crippen LogP contribution in [0, 0.1) is 0 Å². The van der Waals surface area contributed by atoms with E-state index in [-0.39, 0.29) is 12.6 Å². The first-order chi connectivity index (χ1) is 8.81. The van der Waals surface area contributed by atoms with E-state index in [1.807, 2.05) is 17.0 Å². The van der Waals surface area contributed by atoms with E-state index in [0.29, 0.717) is 18.4 Å². The van der Waals surface area contributed by atoms with Crippen molar-refractivity contribution in [1.82, 2.24) is 9.88 Å². The zero-order valence-corrected chi connectivity index (χ0v) is 10.4. The Morgan fingerprint density at radius 3 is 2.89 bits per heavy atom. The Kier molecular flexibility index (Phi) is 4.52. The summed E-state index contributed by atoms with van der Waals surface area (Å²) in [5.41, 5.74) is 0. The van der Waals surface area contributed by atoms with Crippen LogP contribution >= 0.6 is 0 Å². The summed E-state index contributed by atoms with van der Waals surface area (Å²) < 4.78 is 0. The fraction of sp³-hybridized carbons (Fsp3) is 0.538. The topological polar surface area (TPSA) is 65.5 Å². The van der Waals surface area contributed by atoms with Gasteiger partial charge in [-0.1, -0.05) is 6.07 Å². The number of hydrogen-bond donors (Lipinski definition) is 2. The SMILES string of the molecule is O=C(Nc1ccccn1)N(CCCCO)C1CC1. The Labute approximate surface area is 107 Å². The van der Waals surface area contributed by atoms with Gasteiger partial charge in [0.1, 0.15) is 5.82 Å². The van der Waals surface area contributed by atoms with Crippen molar-refractivity contribution in [2.75, 3.05) is 18.5 Å². The second-order valence-electron chi connectivity index (χ2n) is 4.50. The van der Waals surface area contributed by atoms with Crippen LogP contribution in [0.25, 0.3) is 0 Å². The van der Waals surface area contributed by atoms with Crippen molar-refractivity contribution < 1.29 is 9.90 Å². The van der Waals surface area contributed by atoms with Gasteiger partial charge in [0.15, 0.2) is 0 Å². The molecular weight excluding hydrogens is 230 g/mol. The molecule has 2 rings (SSSR count). The number of unbranched alkanes of at least 4 members (excludes halogenated alkanes) is 1. The lowest BCUT2D eigenvalue weighted by molar-refractivity contribution is 0.204. The smallest absolute Gasteiger partial charge is 0.323 e. The number of anilines is 1. The Bertz CT molecular complexity index is 379. The molecule has 1 fully saturated rings. The number of aliphatic hydroxyl groups excluding tert-OH is 1. The van der Waals surface area contributed by atoms with Gasteiger partial charge >= 0.3 is 6.03 Å². The van der Waals surface area contributed by atoms with Crippen LogP contribution in [0.5, 0.6) is 0 Å². The highest BCUT2D eigenvalue weighted by Gasteiger charge is 2.32. The van der Waals surface area contributed by atoms with E-state index < -0.39 is 0 Å². The number of aromatic nitrogens is 1. The molecule has 5 nitrogen and oxygen atoms in total. The molecule has 0 atom stereocenters. The first kappa shape index (κ1) is 12.8. The van der Waals surface area contributed by atoms with Crippen molar-refractivity contribution in [3.63, 3.8) is 0 Å². The minimum Gasteiger partial charge on any atom is -0.396 e. The van der Waals surface area contributed by atoms with E-state index in [1.54, 1.807) is 12.3 Å². The molecule has 2 N–H and O–H groups in total. The van der Waals surface area contributed by atoms with E-state index in [4.69, 9.17) is 5.11 Å². The Hall–Kier alpha value is -1.62. The third-order valence-electron chi connectivity index (χ3n) is 2.96. The fourth-order valence-corrected chi connectivity index (χ4v) is 1.85.